The lowest BCUT2D eigenvalue weighted by molar-refractivity contribution is -0.112. The fourth-order valence-electron chi connectivity index (χ4n) is 2.01. The molecule has 0 bridgehead atoms. The minimum Gasteiger partial charge on any atom is -0.322 e. The molecule has 0 radical (unpaired) electrons. The number of anilines is 1. The summed E-state index contributed by atoms with van der Waals surface area (Å²) >= 11 is 0. The van der Waals surface area contributed by atoms with E-state index in [0.29, 0.717) is 12.3 Å². The third-order valence-corrected chi connectivity index (χ3v) is 3.22. The fourth-order valence-corrected chi connectivity index (χ4v) is 2.01. The van der Waals surface area contributed by atoms with E-state index in [0.717, 1.165) is 22.4 Å². The van der Waals surface area contributed by atoms with Gasteiger partial charge in [-0.15, -0.1) is 0 Å². The Hall–Kier alpha value is -1.83. The van der Waals surface area contributed by atoms with Crippen molar-refractivity contribution in [2.45, 2.75) is 41.0 Å². The van der Waals surface area contributed by atoms with E-state index in [4.69, 9.17) is 0 Å². The van der Waals surface area contributed by atoms with Crippen LogP contribution in [0.15, 0.2) is 42.0 Å². The van der Waals surface area contributed by atoms with E-state index in [-0.39, 0.29) is 5.91 Å². The fraction of sp³-hybridized carbons (Fsp3) is 0.389. The molecule has 0 aliphatic rings. The van der Waals surface area contributed by atoms with Crippen molar-refractivity contribution in [3.63, 3.8) is 0 Å². The maximum absolute atomic E-state index is 12.3. The van der Waals surface area contributed by atoms with Crippen molar-refractivity contribution in [1.82, 2.24) is 0 Å². The van der Waals surface area contributed by atoms with Crippen molar-refractivity contribution in [3.05, 3.63) is 53.1 Å². The molecular formula is C18H25NO. The van der Waals surface area contributed by atoms with Crippen molar-refractivity contribution in [1.29, 1.82) is 0 Å². The molecule has 2 heteroatoms. The Morgan fingerprint density at radius 2 is 1.85 bits per heavy atom. The number of carbonyl (C=O) groups excluding carboxylic acids is 1. The van der Waals surface area contributed by atoms with Gasteiger partial charge in [0.05, 0.1) is 0 Å². The molecule has 0 unspecified atom stereocenters. The van der Waals surface area contributed by atoms with Crippen LogP contribution in [0.5, 0.6) is 0 Å². The monoisotopic (exact) mass is 271 g/mol. The molecule has 1 N–H and O–H groups in total. The zero-order chi connectivity index (χ0) is 15.1. The molecule has 1 rings (SSSR count). The maximum Gasteiger partial charge on any atom is 0.251 e. The third-order valence-electron chi connectivity index (χ3n) is 3.22. The first-order valence-corrected chi connectivity index (χ1v) is 7.15. The molecule has 1 amide bonds. The molecule has 1 aromatic carbocycles. The Bertz CT molecular complexity index is 504. The number of rotatable bonds is 5. The second kappa shape index (κ2) is 7.68. The van der Waals surface area contributed by atoms with Gasteiger partial charge in [-0.2, -0.15) is 0 Å². The van der Waals surface area contributed by atoms with Crippen LogP contribution in [0.3, 0.4) is 0 Å². The Labute approximate surface area is 122 Å². The third kappa shape index (κ3) is 4.69. The Balaban J connectivity index is 2.79. The number of aryl methyl sites for hydroxylation is 2. The van der Waals surface area contributed by atoms with Gasteiger partial charge in [0.25, 0.3) is 5.91 Å². The zero-order valence-corrected chi connectivity index (χ0v) is 13.2. The summed E-state index contributed by atoms with van der Waals surface area (Å²) in [5.74, 6) is 0.494. The predicted octanol–water partition coefficient (Wildman–Crippen LogP) is 4.79. The van der Waals surface area contributed by atoms with Gasteiger partial charge in [-0.25, -0.2) is 0 Å². The summed E-state index contributed by atoms with van der Waals surface area (Å²) in [6, 6.07) is 6.02. The molecule has 20 heavy (non-hydrogen) atoms. The van der Waals surface area contributed by atoms with Crippen LogP contribution in [0.4, 0.5) is 5.69 Å². The van der Waals surface area contributed by atoms with Gasteiger partial charge in [0.2, 0.25) is 0 Å². The Morgan fingerprint density at radius 3 is 2.35 bits per heavy atom. The number of hydrogen-bond acceptors (Lipinski definition) is 1. The summed E-state index contributed by atoms with van der Waals surface area (Å²) < 4.78 is 0. The SMILES string of the molecule is C/C=C(\C/C=C\C(C)C)C(=O)Nc1c(C)cccc1C. The molecule has 0 spiro atoms. The number of hydrogen-bond donors (Lipinski definition) is 1. The largest absolute Gasteiger partial charge is 0.322 e. The van der Waals surface area contributed by atoms with Crippen LogP contribution in [0, 0.1) is 19.8 Å². The first-order chi connectivity index (χ1) is 9.45. The molecule has 0 atom stereocenters. The standard InChI is InChI=1S/C18H25NO/c1-6-16(12-7-9-13(2)3)18(20)19-17-14(4)10-8-11-15(17)5/h6-11,13H,12H2,1-5H3,(H,19,20)/b9-7-,16-6+. The van der Waals surface area contributed by atoms with Gasteiger partial charge in [0, 0.05) is 11.3 Å². The van der Waals surface area contributed by atoms with Crippen molar-refractivity contribution < 1.29 is 4.79 Å². The second-order valence-electron chi connectivity index (χ2n) is 5.41. The topological polar surface area (TPSA) is 29.1 Å². The lowest BCUT2D eigenvalue weighted by Gasteiger charge is -2.12. The average molecular weight is 271 g/mol. The summed E-state index contributed by atoms with van der Waals surface area (Å²) in [5, 5.41) is 3.03. The van der Waals surface area contributed by atoms with Gasteiger partial charge in [0.1, 0.15) is 0 Å². The first-order valence-electron chi connectivity index (χ1n) is 7.15. The first kappa shape index (κ1) is 16.2. The van der Waals surface area contributed by atoms with E-state index < -0.39 is 0 Å². The number of allylic oxidation sites excluding steroid dienone is 3. The summed E-state index contributed by atoms with van der Waals surface area (Å²) in [5.41, 5.74) is 3.90. The summed E-state index contributed by atoms with van der Waals surface area (Å²) in [6.07, 6.45) is 6.74. The van der Waals surface area contributed by atoms with Crippen molar-refractivity contribution in [3.8, 4) is 0 Å². The van der Waals surface area contributed by atoms with Crippen LogP contribution in [0.2, 0.25) is 0 Å². The van der Waals surface area contributed by atoms with Crippen LogP contribution in [0.25, 0.3) is 0 Å². The Kier molecular flexibility index (Phi) is 6.23. The van der Waals surface area contributed by atoms with E-state index in [9.17, 15) is 4.79 Å². The van der Waals surface area contributed by atoms with Gasteiger partial charge in [-0.3, -0.25) is 4.79 Å². The molecule has 0 fully saturated rings. The molecule has 0 aromatic heterocycles. The van der Waals surface area contributed by atoms with Crippen LogP contribution < -0.4 is 5.32 Å². The van der Waals surface area contributed by atoms with E-state index in [1.165, 1.54) is 0 Å². The highest BCUT2D eigenvalue weighted by Gasteiger charge is 2.10. The van der Waals surface area contributed by atoms with E-state index in [1.54, 1.807) is 0 Å². The van der Waals surface area contributed by atoms with E-state index >= 15 is 0 Å². The minimum atomic E-state index is -0.0155. The molecule has 0 saturated carbocycles. The quantitative estimate of drug-likeness (QED) is 0.605. The highest BCUT2D eigenvalue weighted by atomic mass is 16.1. The van der Waals surface area contributed by atoms with Gasteiger partial charge >= 0.3 is 0 Å². The van der Waals surface area contributed by atoms with Crippen LogP contribution in [0.1, 0.15) is 38.3 Å². The van der Waals surface area contributed by atoms with Crippen LogP contribution in [-0.4, -0.2) is 5.91 Å². The number of carbonyl (C=O) groups is 1. The van der Waals surface area contributed by atoms with Gasteiger partial charge in [0.15, 0.2) is 0 Å². The smallest absolute Gasteiger partial charge is 0.251 e. The maximum atomic E-state index is 12.3. The average Bonchev–Trinajstić information content (AvgIpc) is 2.38. The number of benzene rings is 1. The van der Waals surface area contributed by atoms with E-state index in [1.807, 2.05) is 45.0 Å². The molecule has 0 heterocycles. The van der Waals surface area contributed by atoms with Crippen molar-refractivity contribution in [2.24, 2.45) is 5.92 Å². The van der Waals surface area contributed by atoms with Crippen molar-refractivity contribution in [2.75, 3.05) is 5.32 Å². The molecule has 1 aromatic rings. The number of amides is 1. The molecular weight excluding hydrogens is 246 g/mol. The lowest BCUT2D eigenvalue weighted by atomic mass is 10.1. The number of para-hydroxylation sites is 1. The Morgan fingerprint density at radius 1 is 1.25 bits per heavy atom. The summed E-state index contributed by atoms with van der Waals surface area (Å²) in [4.78, 5) is 12.3. The van der Waals surface area contributed by atoms with Crippen molar-refractivity contribution >= 4 is 11.6 Å². The molecule has 108 valence electrons. The molecule has 2 nitrogen and oxygen atoms in total. The zero-order valence-electron chi connectivity index (χ0n) is 13.2. The molecule has 0 aliphatic carbocycles. The minimum absolute atomic E-state index is 0.0155. The lowest BCUT2D eigenvalue weighted by Crippen LogP contribution is -2.15. The highest BCUT2D eigenvalue weighted by molar-refractivity contribution is 6.04. The van der Waals surface area contributed by atoms with Crippen LogP contribution >= 0.6 is 0 Å². The summed E-state index contributed by atoms with van der Waals surface area (Å²) in [6.45, 7) is 10.2. The second-order valence-corrected chi connectivity index (χ2v) is 5.41. The predicted molar refractivity (Wildman–Crippen MR) is 86.9 cm³/mol. The molecule has 0 saturated heterocycles. The van der Waals surface area contributed by atoms with Crippen LogP contribution in [-0.2, 0) is 4.79 Å². The normalized spacial score (nSPS) is 12.2. The van der Waals surface area contributed by atoms with E-state index in [2.05, 4.69) is 31.3 Å². The summed E-state index contributed by atoms with van der Waals surface area (Å²) in [7, 11) is 0. The number of nitrogens with one attached hydrogen (secondary N) is 1. The highest BCUT2D eigenvalue weighted by Crippen LogP contribution is 2.20. The van der Waals surface area contributed by atoms with Gasteiger partial charge in [-0.05, 0) is 44.2 Å². The van der Waals surface area contributed by atoms with Gasteiger partial charge < -0.3 is 5.32 Å². The van der Waals surface area contributed by atoms with Gasteiger partial charge in [-0.1, -0.05) is 50.3 Å². The molecule has 0 aliphatic heterocycles.